The first kappa shape index (κ1) is 13.8. The van der Waals surface area contributed by atoms with Gasteiger partial charge in [0.2, 0.25) is 5.91 Å². The first-order chi connectivity index (χ1) is 8.00. The fourth-order valence-electron chi connectivity index (χ4n) is 1.27. The van der Waals surface area contributed by atoms with Crippen molar-refractivity contribution in [2.45, 2.75) is 31.2 Å². The molecule has 1 aromatic rings. The van der Waals surface area contributed by atoms with E-state index in [4.69, 9.17) is 5.73 Å². The zero-order valence-corrected chi connectivity index (χ0v) is 10.7. The molecule has 1 atom stereocenters. The Kier molecular flexibility index (Phi) is 5.24. The van der Waals surface area contributed by atoms with E-state index in [2.05, 4.69) is 9.35 Å². The number of amides is 1. The van der Waals surface area contributed by atoms with Gasteiger partial charge in [0.15, 0.2) is 0 Å². The zero-order valence-electron chi connectivity index (χ0n) is 9.87. The van der Waals surface area contributed by atoms with E-state index in [0.29, 0.717) is 17.2 Å². The van der Waals surface area contributed by atoms with Gasteiger partial charge in [0, 0.05) is 12.4 Å². The lowest BCUT2D eigenvalue weighted by molar-refractivity contribution is -0.119. The van der Waals surface area contributed by atoms with Gasteiger partial charge in [0.25, 0.3) is 0 Å². The molecule has 0 radical (unpaired) electrons. The molecular formula is C11H16N3O2S-. The molecule has 1 heterocycles. The number of nitrogens with zero attached hydrogens (tertiary/aromatic N) is 2. The monoisotopic (exact) mass is 254 g/mol. The van der Waals surface area contributed by atoms with Crippen molar-refractivity contribution >= 4 is 16.5 Å². The highest BCUT2D eigenvalue weighted by Gasteiger charge is 2.11. The Bertz CT molecular complexity index is 453. The molecule has 0 aromatic carbocycles. The number of rotatable bonds is 4. The van der Waals surface area contributed by atoms with Gasteiger partial charge in [-0.2, -0.15) is 10.6 Å². The fraction of sp³-hybridized carbons (Fsp3) is 0.455. The molecule has 6 heteroatoms. The third-order valence-electron chi connectivity index (χ3n) is 2.07. The fourth-order valence-corrected chi connectivity index (χ4v) is 2.02. The predicted octanol–water partition coefficient (Wildman–Crippen LogP) is 1.49. The standard InChI is InChI=1S/C11H16N3O2S/c1-8(2)7-10(12)11(15)14-17(16)9-3-5-13-6-4-9/h3-6,8,10H,7,12H2,1-2H3/q-1/t10-/m0/s1. The second-order valence-electron chi connectivity index (χ2n) is 4.10. The van der Waals surface area contributed by atoms with E-state index >= 15 is 0 Å². The van der Waals surface area contributed by atoms with Crippen molar-refractivity contribution in [3.63, 3.8) is 0 Å². The van der Waals surface area contributed by atoms with Crippen LogP contribution in [0.2, 0.25) is 0 Å². The molecule has 0 unspecified atom stereocenters. The van der Waals surface area contributed by atoms with Gasteiger partial charge in [-0.1, -0.05) is 30.9 Å². The highest BCUT2D eigenvalue weighted by atomic mass is 32.2. The summed E-state index contributed by atoms with van der Waals surface area (Å²) < 4.78 is 15.3. The molecule has 1 amide bonds. The summed E-state index contributed by atoms with van der Waals surface area (Å²) in [5.41, 5.74) is 5.65. The highest BCUT2D eigenvalue weighted by Crippen LogP contribution is 2.06. The maximum Gasteiger partial charge on any atom is 0.239 e. The molecule has 0 spiro atoms. The summed E-state index contributed by atoms with van der Waals surface area (Å²) in [4.78, 5) is 15.8. The van der Waals surface area contributed by atoms with Crippen molar-refractivity contribution in [2.24, 2.45) is 16.0 Å². The zero-order chi connectivity index (χ0) is 12.8. The summed E-state index contributed by atoms with van der Waals surface area (Å²) in [6, 6.07) is 2.43. The molecule has 0 bridgehead atoms. The lowest BCUT2D eigenvalue weighted by Gasteiger charge is -2.12. The van der Waals surface area contributed by atoms with Crippen molar-refractivity contribution < 1.29 is 9.00 Å². The molecule has 0 saturated heterocycles. The maximum atomic E-state index is 11.7. The van der Waals surface area contributed by atoms with E-state index in [0.717, 1.165) is 0 Å². The van der Waals surface area contributed by atoms with Crippen molar-refractivity contribution in [3.8, 4) is 0 Å². The number of carbonyl (C=O) groups is 1. The number of hydrogen-bond donors (Lipinski definition) is 1. The Labute approximate surface area is 103 Å². The van der Waals surface area contributed by atoms with Gasteiger partial charge in [-0.05, 0) is 12.3 Å². The average Bonchev–Trinajstić information content (AvgIpc) is 2.29. The van der Waals surface area contributed by atoms with E-state index in [1.54, 1.807) is 12.1 Å². The van der Waals surface area contributed by atoms with E-state index in [1.807, 2.05) is 13.8 Å². The Balaban J connectivity index is 2.76. The van der Waals surface area contributed by atoms with Crippen molar-refractivity contribution in [2.75, 3.05) is 0 Å². The molecule has 94 valence electrons. The van der Waals surface area contributed by atoms with Gasteiger partial charge in [0.1, 0.15) is 0 Å². The average molecular weight is 254 g/mol. The van der Waals surface area contributed by atoms with Crippen LogP contribution >= 0.6 is 0 Å². The van der Waals surface area contributed by atoms with Crippen LogP contribution in [0.1, 0.15) is 20.3 Å². The third kappa shape index (κ3) is 4.62. The minimum atomic E-state index is -1.69. The van der Waals surface area contributed by atoms with Crippen LogP contribution in [-0.4, -0.2) is 16.9 Å². The predicted molar refractivity (Wildman–Crippen MR) is 65.4 cm³/mol. The molecule has 0 saturated carbocycles. The topological polar surface area (TPSA) is 85.4 Å². The van der Waals surface area contributed by atoms with E-state index in [9.17, 15) is 9.00 Å². The van der Waals surface area contributed by atoms with E-state index in [-0.39, 0.29) is 0 Å². The summed E-state index contributed by atoms with van der Waals surface area (Å²) in [5.74, 6) is -0.215. The molecule has 1 rings (SSSR count). The molecule has 0 aliphatic heterocycles. The van der Waals surface area contributed by atoms with Gasteiger partial charge in [0.05, 0.1) is 6.04 Å². The molecular weight excluding hydrogens is 238 g/mol. The third-order valence-corrected chi connectivity index (χ3v) is 3.09. The Hall–Kier alpha value is -1.27. The number of carbonyl (C=O) groups excluding carboxylic acids is 1. The minimum absolute atomic E-state index is 0.304. The van der Waals surface area contributed by atoms with E-state index < -0.39 is 22.5 Å². The maximum absolute atomic E-state index is 11.7. The smallest absolute Gasteiger partial charge is 0.239 e. The molecule has 17 heavy (non-hydrogen) atoms. The number of pyridine rings is 1. The number of hydrogen-bond acceptors (Lipinski definition) is 5. The molecule has 0 aliphatic rings. The summed E-state index contributed by atoms with van der Waals surface area (Å²) >= 11 is 0. The van der Waals surface area contributed by atoms with Gasteiger partial charge >= 0.3 is 0 Å². The van der Waals surface area contributed by atoms with Crippen LogP contribution in [0.15, 0.2) is 33.8 Å². The summed E-state index contributed by atoms with van der Waals surface area (Å²) in [5, 5.41) is 0. The van der Waals surface area contributed by atoms with Gasteiger partial charge in [-0.25, -0.2) is 0 Å². The van der Waals surface area contributed by atoms with Crippen LogP contribution in [0.3, 0.4) is 0 Å². The SMILES string of the molecule is CC(C)C[C@H](N)C(=O)N=[S-](=O)c1ccncc1. The van der Waals surface area contributed by atoms with Gasteiger partial charge < -0.3 is 14.3 Å². The second-order valence-corrected chi connectivity index (χ2v) is 5.25. The Morgan fingerprint density at radius 2 is 2.06 bits per heavy atom. The molecule has 0 aliphatic carbocycles. The first-order valence-electron chi connectivity index (χ1n) is 5.33. The number of aromatic nitrogens is 1. The molecule has 1 aromatic heterocycles. The molecule has 5 nitrogen and oxygen atoms in total. The quantitative estimate of drug-likeness (QED) is 0.825. The minimum Gasteiger partial charge on any atom is -0.440 e. The van der Waals surface area contributed by atoms with Crippen LogP contribution in [0.4, 0.5) is 0 Å². The molecule has 2 N–H and O–H groups in total. The summed E-state index contributed by atoms with van der Waals surface area (Å²) in [7, 11) is -1.69. The van der Waals surface area contributed by atoms with Crippen LogP contribution in [0, 0.1) is 5.92 Å². The Morgan fingerprint density at radius 3 is 2.59 bits per heavy atom. The van der Waals surface area contributed by atoms with Crippen LogP contribution < -0.4 is 5.73 Å². The van der Waals surface area contributed by atoms with Crippen LogP contribution in [0.5, 0.6) is 0 Å². The summed E-state index contributed by atoms with van der Waals surface area (Å²) in [6.07, 6.45) is 3.54. The van der Waals surface area contributed by atoms with E-state index in [1.165, 1.54) is 12.4 Å². The first-order valence-corrected chi connectivity index (χ1v) is 6.44. The summed E-state index contributed by atoms with van der Waals surface area (Å²) in [6.45, 7) is 3.93. The van der Waals surface area contributed by atoms with Gasteiger partial charge in [-0.15, -0.1) is 0 Å². The van der Waals surface area contributed by atoms with Crippen molar-refractivity contribution in [1.82, 2.24) is 4.98 Å². The normalized spacial score (nSPS) is 14.8. The van der Waals surface area contributed by atoms with Crippen molar-refractivity contribution in [1.29, 1.82) is 0 Å². The highest BCUT2D eigenvalue weighted by molar-refractivity contribution is 7.75. The second kappa shape index (κ2) is 6.46. The lowest BCUT2D eigenvalue weighted by atomic mass is 10.0. The molecule has 0 fully saturated rings. The Morgan fingerprint density at radius 1 is 1.47 bits per heavy atom. The van der Waals surface area contributed by atoms with Gasteiger partial charge in [-0.3, -0.25) is 9.78 Å². The number of nitrogens with two attached hydrogens (primary N) is 1. The van der Waals surface area contributed by atoms with Crippen LogP contribution in [0.25, 0.3) is 0 Å². The lowest BCUT2D eigenvalue weighted by Crippen LogP contribution is -2.30. The van der Waals surface area contributed by atoms with Crippen LogP contribution in [-0.2, 0) is 19.6 Å². The largest absolute Gasteiger partial charge is 0.440 e. The van der Waals surface area contributed by atoms with Crippen molar-refractivity contribution in [3.05, 3.63) is 24.5 Å².